The van der Waals surface area contributed by atoms with Crippen LogP contribution in [0.15, 0.2) is 4.52 Å². The summed E-state index contributed by atoms with van der Waals surface area (Å²) in [5.74, 6) is 1.31. The number of aromatic nitrogens is 2. The lowest BCUT2D eigenvalue weighted by Gasteiger charge is -2.34. The number of ether oxygens (including phenoxy) is 1. The summed E-state index contributed by atoms with van der Waals surface area (Å²) in [7, 11) is 0. The molecule has 1 aliphatic rings. The van der Waals surface area contributed by atoms with Crippen LogP contribution in [0.2, 0.25) is 0 Å². The van der Waals surface area contributed by atoms with Crippen LogP contribution in [0.4, 0.5) is 4.79 Å². The van der Waals surface area contributed by atoms with Crippen molar-refractivity contribution in [3.05, 3.63) is 11.7 Å². The fourth-order valence-corrected chi connectivity index (χ4v) is 2.29. The van der Waals surface area contributed by atoms with Gasteiger partial charge >= 0.3 is 6.03 Å². The Bertz CT molecular complexity index is 471. The van der Waals surface area contributed by atoms with Crippen molar-refractivity contribution in [1.29, 1.82) is 0 Å². The van der Waals surface area contributed by atoms with Crippen LogP contribution in [0.1, 0.15) is 51.4 Å². The van der Waals surface area contributed by atoms with Crippen molar-refractivity contribution in [1.82, 2.24) is 19.9 Å². The summed E-state index contributed by atoms with van der Waals surface area (Å²) in [5.41, 5.74) is 0. The van der Waals surface area contributed by atoms with Gasteiger partial charge in [0.25, 0.3) is 0 Å². The number of nitrogens with zero attached hydrogens (tertiary/aromatic N) is 4. The molecule has 1 saturated heterocycles. The van der Waals surface area contributed by atoms with Crippen LogP contribution in [0.5, 0.6) is 0 Å². The van der Waals surface area contributed by atoms with Crippen molar-refractivity contribution >= 4 is 6.03 Å². The number of carbonyl (C=O) groups excluding carboxylic acids is 1. The van der Waals surface area contributed by atoms with Crippen molar-refractivity contribution in [3.63, 3.8) is 0 Å². The van der Waals surface area contributed by atoms with Gasteiger partial charge < -0.3 is 19.1 Å². The maximum absolute atomic E-state index is 12.4. The normalized spacial score (nSPS) is 19.1. The fourth-order valence-electron chi connectivity index (χ4n) is 2.29. The molecule has 0 radical (unpaired) electrons. The molecule has 0 saturated carbocycles. The average Bonchev–Trinajstić information content (AvgIpc) is 2.98. The Morgan fingerprint density at radius 2 is 2.14 bits per heavy atom. The second-order valence-electron chi connectivity index (χ2n) is 5.41. The quantitative estimate of drug-likeness (QED) is 0.850. The molecule has 0 aliphatic carbocycles. The van der Waals surface area contributed by atoms with Crippen LogP contribution in [0.25, 0.3) is 0 Å². The van der Waals surface area contributed by atoms with Gasteiger partial charge in [-0.3, -0.25) is 0 Å². The predicted molar refractivity (Wildman–Crippen MR) is 77.0 cm³/mol. The van der Waals surface area contributed by atoms with E-state index in [2.05, 4.69) is 10.1 Å². The van der Waals surface area contributed by atoms with E-state index in [-0.39, 0.29) is 18.1 Å². The summed E-state index contributed by atoms with van der Waals surface area (Å²) < 4.78 is 10.9. The highest BCUT2D eigenvalue weighted by molar-refractivity contribution is 5.74. The lowest BCUT2D eigenvalue weighted by molar-refractivity contribution is -0.0254. The van der Waals surface area contributed by atoms with Gasteiger partial charge in [-0.1, -0.05) is 19.0 Å². The van der Waals surface area contributed by atoms with E-state index >= 15 is 0 Å². The largest absolute Gasteiger partial charge is 0.366 e. The van der Waals surface area contributed by atoms with E-state index in [0.717, 1.165) is 0 Å². The molecule has 1 atom stereocenters. The van der Waals surface area contributed by atoms with E-state index in [1.54, 1.807) is 9.80 Å². The van der Waals surface area contributed by atoms with Gasteiger partial charge in [0.1, 0.15) is 6.10 Å². The lowest BCUT2D eigenvalue weighted by Crippen LogP contribution is -2.49. The Morgan fingerprint density at radius 1 is 1.43 bits per heavy atom. The summed E-state index contributed by atoms with van der Waals surface area (Å²) in [6, 6.07) is 0.0425. The van der Waals surface area contributed by atoms with Crippen molar-refractivity contribution in [2.75, 3.05) is 32.8 Å². The average molecular weight is 296 g/mol. The molecule has 2 rings (SSSR count). The molecular formula is C14H24N4O3. The van der Waals surface area contributed by atoms with E-state index in [1.807, 2.05) is 27.7 Å². The Labute approximate surface area is 125 Å². The second-order valence-corrected chi connectivity index (χ2v) is 5.41. The molecule has 1 aromatic heterocycles. The highest BCUT2D eigenvalue weighted by Crippen LogP contribution is 2.22. The van der Waals surface area contributed by atoms with Crippen LogP contribution >= 0.6 is 0 Å². The minimum absolute atomic E-state index is 0.0425. The molecule has 21 heavy (non-hydrogen) atoms. The van der Waals surface area contributed by atoms with Gasteiger partial charge in [-0.25, -0.2) is 4.79 Å². The number of morpholine rings is 1. The maximum atomic E-state index is 12.4. The Hall–Kier alpha value is -1.63. The summed E-state index contributed by atoms with van der Waals surface area (Å²) in [6.07, 6.45) is -0.311. The van der Waals surface area contributed by atoms with Gasteiger partial charge in [0.05, 0.1) is 13.2 Å². The molecule has 1 fully saturated rings. The molecule has 1 unspecified atom stereocenters. The minimum atomic E-state index is -0.311. The molecule has 1 aromatic rings. The molecule has 7 nitrogen and oxygen atoms in total. The summed E-state index contributed by atoms with van der Waals surface area (Å²) in [5, 5.41) is 3.98. The van der Waals surface area contributed by atoms with E-state index in [9.17, 15) is 4.79 Å². The Morgan fingerprint density at radius 3 is 2.71 bits per heavy atom. The Kier molecular flexibility index (Phi) is 5.17. The van der Waals surface area contributed by atoms with Gasteiger partial charge in [0.15, 0.2) is 0 Å². The first-order chi connectivity index (χ1) is 10.1. The molecule has 0 aromatic carbocycles. The van der Waals surface area contributed by atoms with Crippen LogP contribution < -0.4 is 0 Å². The zero-order valence-corrected chi connectivity index (χ0v) is 13.2. The Balaban J connectivity index is 2.04. The van der Waals surface area contributed by atoms with Crippen LogP contribution in [0, 0.1) is 0 Å². The third-order valence-electron chi connectivity index (χ3n) is 3.61. The molecule has 2 amide bonds. The predicted octanol–water partition coefficient (Wildman–Crippen LogP) is 2.03. The van der Waals surface area contributed by atoms with Crippen LogP contribution in [-0.4, -0.2) is 58.8 Å². The molecule has 0 bridgehead atoms. The van der Waals surface area contributed by atoms with E-state index in [0.29, 0.717) is 44.5 Å². The number of urea groups is 1. The highest BCUT2D eigenvalue weighted by atomic mass is 16.5. The topological polar surface area (TPSA) is 71.7 Å². The third kappa shape index (κ3) is 3.53. The van der Waals surface area contributed by atoms with E-state index in [1.165, 1.54) is 0 Å². The van der Waals surface area contributed by atoms with Gasteiger partial charge in [-0.05, 0) is 13.8 Å². The number of amides is 2. The van der Waals surface area contributed by atoms with Crippen molar-refractivity contribution in [2.24, 2.45) is 0 Å². The second kappa shape index (κ2) is 6.89. The van der Waals surface area contributed by atoms with Crippen molar-refractivity contribution < 1.29 is 14.1 Å². The van der Waals surface area contributed by atoms with E-state index in [4.69, 9.17) is 9.26 Å². The molecule has 0 N–H and O–H groups in total. The van der Waals surface area contributed by atoms with Crippen LogP contribution in [-0.2, 0) is 4.74 Å². The third-order valence-corrected chi connectivity index (χ3v) is 3.61. The highest BCUT2D eigenvalue weighted by Gasteiger charge is 2.30. The molecule has 1 aliphatic heterocycles. The molecule has 0 spiro atoms. The lowest BCUT2D eigenvalue weighted by atomic mass is 10.2. The minimum Gasteiger partial charge on any atom is -0.366 e. The van der Waals surface area contributed by atoms with Gasteiger partial charge in [-0.15, -0.1) is 0 Å². The number of rotatable bonds is 4. The monoisotopic (exact) mass is 296 g/mol. The van der Waals surface area contributed by atoms with Crippen LogP contribution in [0.3, 0.4) is 0 Å². The maximum Gasteiger partial charge on any atom is 0.320 e. The SMILES string of the molecule is CCN(CC)C(=O)N1CCOC(c2noc(C(C)C)n2)C1. The number of carbonyl (C=O) groups is 1. The first kappa shape index (κ1) is 15.8. The summed E-state index contributed by atoms with van der Waals surface area (Å²) in [6.45, 7) is 10.9. The fraction of sp³-hybridized carbons (Fsp3) is 0.786. The molecule has 118 valence electrons. The molecule has 2 heterocycles. The van der Waals surface area contributed by atoms with Gasteiger partial charge in [0.2, 0.25) is 11.7 Å². The van der Waals surface area contributed by atoms with Gasteiger partial charge in [0, 0.05) is 25.6 Å². The first-order valence-corrected chi connectivity index (χ1v) is 7.55. The van der Waals surface area contributed by atoms with Gasteiger partial charge in [-0.2, -0.15) is 4.98 Å². The summed E-state index contributed by atoms with van der Waals surface area (Å²) >= 11 is 0. The van der Waals surface area contributed by atoms with Crippen molar-refractivity contribution in [2.45, 2.75) is 39.7 Å². The first-order valence-electron chi connectivity index (χ1n) is 7.55. The summed E-state index contributed by atoms with van der Waals surface area (Å²) in [4.78, 5) is 20.3. The molecular weight excluding hydrogens is 272 g/mol. The van der Waals surface area contributed by atoms with E-state index < -0.39 is 0 Å². The zero-order chi connectivity index (χ0) is 15.4. The standard InChI is InChI=1S/C14H24N4O3/c1-5-17(6-2)14(19)18-7-8-20-11(9-18)12-15-13(10(3)4)21-16-12/h10-11H,5-9H2,1-4H3. The smallest absolute Gasteiger partial charge is 0.320 e. The zero-order valence-electron chi connectivity index (χ0n) is 13.2. The number of hydrogen-bond acceptors (Lipinski definition) is 5. The number of hydrogen-bond donors (Lipinski definition) is 0. The van der Waals surface area contributed by atoms with Crippen molar-refractivity contribution in [3.8, 4) is 0 Å². The molecule has 7 heteroatoms.